The summed E-state index contributed by atoms with van der Waals surface area (Å²) in [6, 6.07) is 3.55. The molecule has 5 nitrogen and oxygen atoms in total. The molecular weight excluding hydrogens is 206 g/mol. The average molecular weight is 221 g/mol. The molecule has 0 spiro atoms. The Hall–Kier alpha value is -1.62. The number of aliphatic hydroxyl groups is 1. The normalized spacial score (nSPS) is 20.1. The molecule has 5 heteroatoms. The molecule has 0 bridgehead atoms. The number of carbonyl (C=O) groups excluding carboxylic acids is 1. The van der Waals surface area contributed by atoms with E-state index in [0.717, 1.165) is 25.2 Å². The van der Waals surface area contributed by atoms with Crippen molar-refractivity contribution < 1.29 is 9.90 Å². The third-order valence-corrected chi connectivity index (χ3v) is 2.91. The molecule has 86 valence electrons. The summed E-state index contributed by atoms with van der Waals surface area (Å²) in [7, 11) is 0. The van der Waals surface area contributed by atoms with Crippen molar-refractivity contribution in [2.45, 2.75) is 6.42 Å². The van der Waals surface area contributed by atoms with E-state index in [-0.39, 0.29) is 12.3 Å². The number of hydrogen-bond donors (Lipinski definition) is 2. The molecule has 1 aliphatic heterocycles. The lowest BCUT2D eigenvalue weighted by Gasteiger charge is -2.18. The molecular formula is C11H15N3O2. The van der Waals surface area contributed by atoms with E-state index in [1.54, 1.807) is 12.3 Å². The number of aromatic nitrogens is 1. The molecule has 2 rings (SSSR count). The van der Waals surface area contributed by atoms with Crippen molar-refractivity contribution in [1.82, 2.24) is 4.98 Å². The zero-order valence-corrected chi connectivity index (χ0v) is 8.97. The molecule has 1 atom stereocenters. The van der Waals surface area contributed by atoms with Crippen LogP contribution in [0.3, 0.4) is 0 Å². The van der Waals surface area contributed by atoms with Gasteiger partial charge >= 0.3 is 0 Å². The first-order chi connectivity index (χ1) is 7.70. The van der Waals surface area contributed by atoms with E-state index in [1.807, 2.05) is 6.07 Å². The summed E-state index contributed by atoms with van der Waals surface area (Å²) in [5, 5.41) is 9.06. The molecule has 0 aromatic carbocycles. The van der Waals surface area contributed by atoms with Gasteiger partial charge in [0.1, 0.15) is 5.69 Å². The first kappa shape index (κ1) is 10.9. The third-order valence-electron chi connectivity index (χ3n) is 2.91. The van der Waals surface area contributed by atoms with E-state index in [1.165, 1.54) is 0 Å². The smallest absolute Gasteiger partial charge is 0.267 e. The van der Waals surface area contributed by atoms with Crippen molar-refractivity contribution in [1.29, 1.82) is 0 Å². The largest absolute Gasteiger partial charge is 0.396 e. The lowest BCUT2D eigenvalue weighted by molar-refractivity contribution is 0.0995. The fraction of sp³-hybridized carbons (Fsp3) is 0.455. The van der Waals surface area contributed by atoms with Crippen LogP contribution in [0.15, 0.2) is 18.3 Å². The van der Waals surface area contributed by atoms with Crippen LogP contribution in [0.25, 0.3) is 0 Å². The van der Waals surface area contributed by atoms with Gasteiger partial charge in [-0.1, -0.05) is 0 Å². The van der Waals surface area contributed by atoms with Gasteiger partial charge in [0.25, 0.3) is 5.91 Å². The van der Waals surface area contributed by atoms with Gasteiger partial charge in [-0.2, -0.15) is 0 Å². The Labute approximate surface area is 93.9 Å². The molecule has 1 fully saturated rings. The maximum Gasteiger partial charge on any atom is 0.267 e. The number of pyridine rings is 1. The summed E-state index contributed by atoms with van der Waals surface area (Å²) in [4.78, 5) is 17.0. The number of hydrogen-bond acceptors (Lipinski definition) is 4. The van der Waals surface area contributed by atoms with E-state index in [4.69, 9.17) is 10.8 Å². The highest BCUT2D eigenvalue weighted by Gasteiger charge is 2.22. The molecule has 1 aliphatic rings. The quantitative estimate of drug-likeness (QED) is 0.753. The second-order valence-electron chi connectivity index (χ2n) is 4.05. The van der Waals surface area contributed by atoms with Crippen LogP contribution in [0.4, 0.5) is 5.69 Å². The van der Waals surface area contributed by atoms with Crippen molar-refractivity contribution in [3.63, 3.8) is 0 Å². The molecule has 1 unspecified atom stereocenters. The van der Waals surface area contributed by atoms with Crippen LogP contribution >= 0.6 is 0 Å². The number of nitrogens with zero attached hydrogens (tertiary/aromatic N) is 2. The zero-order valence-electron chi connectivity index (χ0n) is 8.97. The molecule has 0 aliphatic carbocycles. The number of anilines is 1. The molecule has 3 N–H and O–H groups in total. The molecule has 1 amide bonds. The summed E-state index contributed by atoms with van der Waals surface area (Å²) >= 11 is 0. The molecule has 16 heavy (non-hydrogen) atoms. The first-order valence-corrected chi connectivity index (χ1v) is 5.32. The van der Waals surface area contributed by atoms with Crippen LogP contribution in [0.1, 0.15) is 16.9 Å². The predicted molar refractivity (Wildman–Crippen MR) is 60.2 cm³/mol. The molecule has 1 aromatic heterocycles. The number of aliphatic hydroxyl groups excluding tert-OH is 1. The Bertz CT molecular complexity index is 395. The van der Waals surface area contributed by atoms with E-state index < -0.39 is 5.91 Å². The summed E-state index contributed by atoms with van der Waals surface area (Å²) in [5.41, 5.74) is 6.40. The van der Waals surface area contributed by atoms with Crippen molar-refractivity contribution in [3.8, 4) is 0 Å². The van der Waals surface area contributed by atoms with Crippen LogP contribution in [0.5, 0.6) is 0 Å². The Morgan fingerprint density at radius 2 is 2.50 bits per heavy atom. The van der Waals surface area contributed by atoms with Gasteiger partial charge in [-0.15, -0.1) is 0 Å². The Balaban J connectivity index is 2.15. The van der Waals surface area contributed by atoms with Crippen molar-refractivity contribution in [2.75, 3.05) is 24.6 Å². The van der Waals surface area contributed by atoms with Crippen LogP contribution in [-0.4, -0.2) is 35.7 Å². The van der Waals surface area contributed by atoms with E-state index >= 15 is 0 Å². The minimum Gasteiger partial charge on any atom is -0.396 e. The third kappa shape index (κ3) is 2.14. The lowest BCUT2D eigenvalue weighted by Crippen LogP contribution is -2.21. The average Bonchev–Trinajstić information content (AvgIpc) is 2.77. The van der Waals surface area contributed by atoms with Gasteiger partial charge in [0.05, 0.1) is 0 Å². The monoisotopic (exact) mass is 221 g/mol. The summed E-state index contributed by atoms with van der Waals surface area (Å²) in [6.07, 6.45) is 2.56. The zero-order chi connectivity index (χ0) is 11.5. The second kappa shape index (κ2) is 4.49. The van der Waals surface area contributed by atoms with Crippen LogP contribution in [-0.2, 0) is 0 Å². The molecule has 0 radical (unpaired) electrons. The maximum absolute atomic E-state index is 11.0. The van der Waals surface area contributed by atoms with Gasteiger partial charge < -0.3 is 15.7 Å². The number of carbonyl (C=O) groups is 1. The first-order valence-electron chi connectivity index (χ1n) is 5.32. The minimum absolute atomic E-state index is 0.213. The molecule has 0 saturated carbocycles. The van der Waals surface area contributed by atoms with Crippen LogP contribution < -0.4 is 10.6 Å². The summed E-state index contributed by atoms with van der Waals surface area (Å²) in [6.45, 7) is 1.93. The van der Waals surface area contributed by atoms with E-state index in [0.29, 0.717) is 5.92 Å². The van der Waals surface area contributed by atoms with Gasteiger partial charge in [0.15, 0.2) is 0 Å². The Morgan fingerprint density at radius 1 is 1.69 bits per heavy atom. The highest BCUT2D eigenvalue weighted by Crippen LogP contribution is 2.23. The number of nitrogens with two attached hydrogens (primary N) is 1. The Morgan fingerprint density at radius 3 is 3.12 bits per heavy atom. The van der Waals surface area contributed by atoms with Gasteiger partial charge in [-0.3, -0.25) is 9.78 Å². The van der Waals surface area contributed by atoms with Crippen molar-refractivity contribution in [3.05, 3.63) is 24.0 Å². The molecule has 1 saturated heterocycles. The van der Waals surface area contributed by atoms with Crippen LogP contribution in [0, 0.1) is 5.92 Å². The summed E-state index contributed by atoms with van der Waals surface area (Å²) < 4.78 is 0. The minimum atomic E-state index is -0.514. The Kier molecular flexibility index (Phi) is 3.05. The highest BCUT2D eigenvalue weighted by molar-refractivity contribution is 5.91. The standard InChI is InChI=1S/C11H15N3O2/c12-11(16)10-5-9(1-3-13-10)14-4-2-8(6-14)7-15/h1,3,5,8,15H,2,4,6-7H2,(H2,12,16). The van der Waals surface area contributed by atoms with Crippen molar-refractivity contribution >= 4 is 11.6 Å². The van der Waals surface area contributed by atoms with Gasteiger partial charge in [0, 0.05) is 37.5 Å². The van der Waals surface area contributed by atoms with Gasteiger partial charge in [-0.25, -0.2) is 0 Å². The number of primary amides is 1. The molecule has 1 aromatic rings. The molecule has 2 heterocycles. The van der Waals surface area contributed by atoms with E-state index in [2.05, 4.69) is 9.88 Å². The number of rotatable bonds is 3. The summed E-state index contributed by atoms with van der Waals surface area (Å²) in [5.74, 6) is -0.190. The predicted octanol–water partition coefficient (Wildman–Crippen LogP) is -0.000900. The van der Waals surface area contributed by atoms with Gasteiger partial charge in [-0.05, 0) is 18.6 Å². The second-order valence-corrected chi connectivity index (χ2v) is 4.05. The SMILES string of the molecule is NC(=O)c1cc(N2CCC(CO)C2)ccn1. The fourth-order valence-corrected chi connectivity index (χ4v) is 1.97. The van der Waals surface area contributed by atoms with E-state index in [9.17, 15) is 4.79 Å². The highest BCUT2D eigenvalue weighted by atomic mass is 16.3. The maximum atomic E-state index is 11.0. The fourth-order valence-electron chi connectivity index (χ4n) is 1.97. The lowest BCUT2D eigenvalue weighted by atomic mass is 10.1. The number of amides is 1. The van der Waals surface area contributed by atoms with Crippen LogP contribution in [0.2, 0.25) is 0 Å². The topological polar surface area (TPSA) is 79.5 Å². The van der Waals surface area contributed by atoms with Gasteiger partial charge in [0.2, 0.25) is 0 Å². The van der Waals surface area contributed by atoms with Crippen molar-refractivity contribution in [2.24, 2.45) is 11.7 Å².